The van der Waals surface area contributed by atoms with Crippen LogP contribution >= 0.6 is 15.9 Å². The Balaban J connectivity index is 2.13. The summed E-state index contributed by atoms with van der Waals surface area (Å²) in [5, 5.41) is 12.9. The van der Waals surface area contributed by atoms with Crippen molar-refractivity contribution >= 4 is 21.9 Å². The van der Waals surface area contributed by atoms with E-state index < -0.39 is 5.97 Å². The fraction of sp³-hybridized carbons (Fsp3) is 0.167. The van der Waals surface area contributed by atoms with Crippen LogP contribution in [0.25, 0.3) is 0 Å². The Morgan fingerprint density at radius 1 is 1.56 bits per heavy atom. The number of ether oxygens (including phenoxy) is 1. The Bertz CT molecular complexity index is 580. The number of rotatable bonds is 4. The summed E-state index contributed by atoms with van der Waals surface area (Å²) in [5.74, 6) is -0.479. The highest BCUT2D eigenvalue weighted by Crippen LogP contribution is 2.26. The summed E-state index contributed by atoms with van der Waals surface area (Å²) in [5.41, 5.74) is 1.12. The predicted molar refractivity (Wildman–Crippen MR) is 68.6 cm³/mol. The summed E-state index contributed by atoms with van der Waals surface area (Å²) in [6, 6.07) is 4.66. The molecule has 0 aliphatic carbocycles. The quantitative estimate of drug-likeness (QED) is 0.942. The smallest absolute Gasteiger partial charge is 0.335 e. The van der Waals surface area contributed by atoms with Crippen molar-refractivity contribution in [1.82, 2.24) is 9.78 Å². The summed E-state index contributed by atoms with van der Waals surface area (Å²) < 4.78 is 7.96. The molecule has 0 fully saturated rings. The second kappa shape index (κ2) is 5.22. The third kappa shape index (κ3) is 2.89. The highest BCUT2D eigenvalue weighted by atomic mass is 79.9. The minimum Gasteiger partial charge on any atom is -0.488 e. The first-order valence-electron chi connectivity index (χ1n) is 5.19. The molecule has 1 aromatic heterocycles. The molecule has 0 unspecified atom stereocenters. The Labute approximate surface area is 112 Å². The average Bonchev–Trinajstić information content (AvgIpc) is 2.74. The number of hydrogen-bond donors (Lipinski definition) is 1. The molecule has 6 heteroatoms. The van der Waals surface area contributed by atoms with Gasteiger partial charge < -0.3 is 9.84 Å². The second-order valence-electron chi connectivity index (χ2n) is 3.76. The first kappa shape index (κ1) is 12.6. The van der Waals surface area contributed by atoms with Gasteiger partial charge in [-0.05, 0) is 34.1 Å². The first-order valence-corrected chi connectivity index (χ1v) is 5.99. The van der Waals surface area contributed by atoms with Crippen molar-refractivity contribution in [2.45, 2.75) is 6.61 Å². The monoisotopic (exact) mass is 310 g/mol. The van der Waals surface area contributed by atoms with E-state index in [0.29, 0.717) is 12.4 Å². The van der Waals surface area contributed by atoms with Gasteiger partial charge in [0.15, 0.2) is 0 Å². The van der Waals surface area contributed by atoms with E-state index in [1.54, 1.807) is 16.9 Å². The van der Waals surface area contributed by atoms with E-state index in [9.17, 15) is 4.79 Å². The normalized spacial score (nSPS) is 10.3. The van der Waals surface area contributed by atoms with E-state index in [1.807, 2.05) is 13.2 Å². The predicted octanol–water partition coefficient (Wildman–Crippen LogP) is 2.46. The number of aryl methyl sites for hydroxylation is 1. The standard InChI is InChI=1S/C12H11BrN2O3/c1-15-6-8(5-14-15)7-18-11-4-9(12(16)17)2-3-10(11)13/h2-6H,7H2,1H3,(H,16,17). The molecule has 2 rings (SSSR count). The van der Waals surface area contributed by atoms with Gasteiger partial charge in [-0.2, -0.15) is 5.10 Å². The fourth-order valence-corrected chi connectivity index (χ4v) is 1.82. The van der Waals surface area contributed by atoms with Gasteiger partial charge in [0.1, 0.15) is 12.4 Å². The molecule has 0 bridgehead atoms. The van der Waals surface area contributed by atoms with Crippen LogP contribution in [0.1, 0.15) is 15.9 Å². The minimum atomic E-state index is -0.978. The van der Waals surface area contributed by atoms with Crippen LogP contribution in [-0.2, 0) is 13.7 Å². The van der Waals surface area contributed by atoms with E-state index in [1.165, 1.54) is 12.1 Å². The molecule has 0 spiro atoms. The maximum absolute atomic E-state index is 10.9. The molecule has 0 saturated carbocycles. The van der Waals surface area contributed by atoms with Crippen molar-refractivity contribution in [2.24, 2.45) is 7.05 Å². The zero-order valence-corrected chi connectivity index (χ0v) is 11.2. The van der Waals surface area contributed by atoms with E-state index in [4.69, 9.17) is 9.84 Å². The van der Waals surface area contributed by atoms with Gasteiger partial charge in [-0.15, -0.1) is 0 Å². The number of aromatic carboxylic acids is 1. The Morgan fingerprint density at radius 3 is 2.94 bits per heavy atom. The van der Waals surface area contributed by atoms with Gasteiger partial charge in [0, 0.05) is 18.8 Å². The van der Waals surface area contributed by atoms with Crippen LogP contribution in [0.5, 0.6) is 5.75 Å². The van der Waals surface area contributed by atoms with Gasteiger partial charge in [0.05, 0.1) is 16.2 Å². The average molecular weight is 311 g/mol. The molecule has 0 saturated heterocycles. The lowest BCUT2D eigenvalue weighted by Gasteiger charge is -2.07. The number of hydrogen-bond acceptors (Lipinski definition) is 3. The van der Waals surface area contributed by atoms with Gasteiger partial charge in [0.25, 0.3) is 0 Å². The molecule has 2 aromatic rings. The largest absolute Gasteiger partial charge is 0.488 e. The van der Waals surface area contributed by atoms with Gasteiger partial charge in [-0.1, -0.05) is 0 Å². The summed E-state index contributed by atoms with van der Waals surface area (Å²) in [4.78, 5) is 10.9. The van der Waals surface area contributed by atoms with Gasteiger partial charge in [-0.3, -0.25) is 4.68 Å². The maximum Gasteiger partial charge on any atom is 0.335 e. The highest BCUT2D eigenvalue weighted by molar-refractivity contribution is 9.10. The lowest BCUT2D eigenvalue weighted by Crippen LogP contribution is -1.99. The minimum absolute atomic E-state index is 0.194. The molecule has 1 aromatic carbocycles. The van der Waals surface area contributed by atoms with E-state index in [0.717, 1.165) is 10.0 Å². The summed E-state index contributed by atoms with van der Waals surface area (Å²) in [7, 11) is 1.82. The van der Waals surface area contributed by atoms with Crippen LogP contribution in [0.4, 0.5) is 0 Å². The number of carbonyl (C=O) groups is 1. The van der Waals surface area contributed by atoms with E-state index >= 15 is 0 Å². The summed E-state index contributed by atoms with van der Waals surface area (Å²) in [6.45, 7) is 0.343. The topological polar surface area (TPSA) is 64.3 Å². The molecular formula is C12H11BrN2O3. The van der Waals surface area contributed by atoms with Crippen LogP contribution in [0.2, 0.25) is 0 Å². The van der Waals surface area contributed by atoms with Crippen LogP contribution in [0.15, 0.2) is 35.1 Å². The Kier molecular flexibility index (Phi) is 3.66. The van der Waals surface area contributed by atoms with E-state index in [-0.39, 0.29) is 5.56 Å². The molecule has 0 radical (unpaired) electrons. The third-order valence-electron chi connectivity index (χ3n) is 2.33. The van der Waals surface area contributed by atoms with E-state index in [2.05, 4.69) is 21.0 Å². The summed E-state index contributed by atoms with van der Waals surface area (Å²) >= 11 is 3.32. The van der Waals surface area contributed by atoms with Crippen LogP contribution < -0.4 is 4.74 Å². The number of halogens is 1. The fourth-order valence-electron chi connectivity index (χ4n) is 1.45. The zero-order chi connectivity index (χ0) is 13.1. The van der Waals surface area contributed by atoms with Crippen molar-refractivity contribution in [2.75, 3.05) is 0 Å². The molecule has 0 aliphatic rings. The number of benzene rings is 1. The molecule has 94 valence electrons. The van der Waals surface area contributed by atoms with Crippen molar-refractivity contribution < 1.29 is 14.6 Å². The SMILES string of the molecule is Cn1cc(COc2cc(C(=O)O)ccc2Br)cn1. The Hall–Kier alpha value is -1.82. The van der Waals surface area contributed by atoms with Crippen molar-refractivity contribution in [1.29, 1.82) is 0 Å². The van der Waals surface area contributed by atoms with Gasteiger partial charge in [-0.25, -0.2) is 4.79 Å². The second-order valence-corrected chi connectivity index (χ2v) is 4.62. The van der Waals surface area contributed by atoms with Gasteiger partial charge >= 0.3 is 5.97 Å². The molecule has 5 nitrogen and oxygen atoms in total. The first-order chi connectivity index (χ1) is 8.56. The van der Waals surface area contributed by atoms with Crippen molar-refractivity contribution in [3.63, 3.8) is 0 Å². The highest BCUT2D eigenvalue weighted by Gasteiger charge is 2.08. The summed E-state index contributed by atoms with van der Waals surface area (Å²) in [6.07, 6.45) is 3.55. The molecule has 1 heterocycles. The molecule has 1 N–H and O–H groups in total. The number of carboxylic acid groups (broad SMARTS) is 1. The van der Waals surface area contributed by atoms with Crippen molar-refractivity contribution in [3.05, 3.63) is 46.2 Å². The van der Waals surface area contributed by atoms with Crippen LogP contribution in [-0.4, -0.2) is 20.9 Å². The third-order valence-corrected chi connectivity index (χ3v) is 2.99. The van der Waals surface area contributed by atoms with Crippen LogP contribution in [0.3, 0.4) is 0 Å². The van der Waals surface area contributed by atoms with Crippen LogP contribution in [0, 0.1) is 0 Å². The lowest BCUT2D eigenvalue weighted by atomic mass is 10.2. The number of nitrogens with zero attached hydrogens (tertiary/aromatic N) is 2. The number of aromatic nitrogens is 2. The molecule has 0 amide bonds. The van der Waals surface area contributed by atoms with Gasteiger partial charge in [0.2, 0.25) is 0 Å². The zero-order valence-electron chi connectivity index (χ0n) is 9.63. The molecule has 0 atom stereocenters. The molecular weight excluding hydrogens is 300 g/mol. The lowest BCUT2D eigenvalue weighted by molar-refractivity contribution is 0.0696. The number of carboxylic acids is 1. The molecule has 18 heavy (non-hydrogen) atoms. The maximum atomic E-state index is 10.9. The van der Waals surface area contributed by atoms with Crippen molar-refractivity contribution in [3.8, 4) is 5.75 Å². The Morgan fingerprint density at radius 2 is 2.33 bits per heavy atom. The molecule has 0 aliphatic heterocycles.